The summed E-state index contributed by atoms with van der Waals surface area (Å²) in [4.78, 5) is 4.73. The standard InChI is InChI=1S/C20H19F2N3/c21-17-9-4-14(11-18(17)22)12-23-16-7-5-15(6-8-16)19-13-25-10-2-1-3-20(25)24-19/h4-9,11,13,23H,1-3,10,12H2. The minimum atomic E-state index is -0.823. The highest BCUT2D eigenvalue weighted by Crippen LogP contribution is 2.24. The molecule has 4 rings (SSSR count). The Kier molecular flexibility index (Phi) is 4.22. The minimum Gasteiger partial charge on any atom is -0.381 e. The number of aromatic nitrogens is 2. The molecule has 0 radical (unpaired) electrons. The van der Waals surface area contributed by atoms with E-state index in [2.05, 4.69) is 16.1 Å². The van der Waals surface area contributed by atoms with Gasteiger partial charge in [-0.05, 0) is 42.7 Å². The third-order valence-electron chi connectivity index (χ3n) is 4.57. The number of aryl methyl sites for hydroxylation is 2. The van der Waals surface area contributed by atoms with Gasteiger partial charge in [-0.15, -0.1) is 0 Å². The van der Waals surface area contributed by atoms with Crippen LogP contribution in [0.1, 0.15) is 24.2 Å². The molecular formula is C20H19F2N3. The fourth-order valence-corrected chi connectivity index (χ4v) is 3.16. The van der Waals surface area contributed by atoms with Crippen molar-refractivity contribution in [3.8, 4) is 11.3 Å². The third-order valence-corrected chi connectivity index (χ3v) is 4.57. The van der Waals surface area contributed by atoms with Crippen LogP contribution in [0.25, 0.3) is 11.3 Å². The second-order valence-corrected chi connectivity index (χ2v) is 6.37. The quantitative estimate of drug-likeness (QED) is 0.741. The van der Waals surface area contributed by atoms with Crippen molar-refractivity contribution in [1.82, 2.24) is 9.55 Å². The van der Waals surface area contributed by atoms with E-state index in [0.717, 1.165) is 36.0 Å². The van der Waals surface area contributed by atoms with Gasteiger partial charge >= 0.3 is 0 Å². The number of hydrogen-bond acceptors (Lipinski definition) is 2. The summed E-state index contributed by atoms with van der Waals surface area (Å²) in [5.74, 6) is -0.476. The Bertz CT molecular complexity index is 861. The highest BCUT2D eigenvalue weighted by molar-refractivity contribution is 5.62. The van der Waals surface area contributed by atoms with Crippen molar-refractivity contribution in [2.24, 2.45) is 0 Å². The normalized spacial score (nSPS) is 13.5. The molecule has 0 amide bonds. The summed E-state index contributed by atoms with van der Waals surface area (Å²) < 4.78 is 28.4. The molecule has 0 aliphatic carbocycles. The Labute approximate surface area is 145 Å². The van der Waals surface area contributed by atoms with Gasteiger partial charge in [-0.25, -0.2) is 13.8 Å². The van der Waals surface area contributed by atoms with E-state index in [4.69, 9.17) is 4.98 Å². The van der Waals surface area contributed by atoms with Gasteiger partial charge in [-0.3, -0.25) is 0 Å². The van der Waals surface area contributed by atoms with E-state index in [1.807, 2.05) is 24.3 Å². The van der Waals surface area contributed by atoms with Crippen LogP contribution < -0.4 is 5.32 Å². The molecule has 0 fully saturated rings. The van der Waals surface area contributed by atoms with Gasteiger partial charge in [0, 0.05) is 37.0 Å². The maximum absolute atomic E-state index is 13.2. The van der Waals surface area contributed by atoms with Crippen molar-refractivity contribution in [2.75, 3.05) is 5.32 Å². The van der Waals surface area contributed by atoms with Gasteiger partial charge in [0.25, 0.3) is 0 Å². The SMILES string of the molecule is Fc1ccc(CNc2ccc(-c3cn4c(n3)CCCC4)cc2)cc1F. The first-order chi connectivity index (χ1) is 12.2. The first-order valence-corrected chi connectivity index (χ1v) is 8.53. The second kappa shape index (κ2) is 6.67. The fraction of sp³-hybridized carbons (Fsp3) is 0.250. The van der Waals surface area contributed by atoms with Gasteiger partial charge in [0.1, 0.15) is 5.82 Å². The van der Waals surface area contributed by atoms with Crippen molar-refractivity contribution in [2.45, 2.75) is 32.4 Å². The molecule has 3 aromatic rings. The molecule has 1 aliphatic rings. The lowest BCUT2D eigenvalue weighted by molar-refractivity contribution is 0.507. The van der Waals surface area contributed by atoms with Crippen molar-refractivity contribution >= 4 is 5.69 Å². The van der Waals surface area contributed by atoms with Gasteiger partial charge in [0.15, 0.2) is 11.6 Å². The van der Waals surface area contributed by atoms with E-state index >= 15 is 0 Å². The molecular weight excluding hydrogens is 320 g/mol. The molecule has 1 N–H and O–H groups in total. The molecule has 0 saturated heterocycles. The summed E-state index contributed by atoms with van der Waals surface area (Å²) >= 11 is 0. The van der Waals surface area contributed by atoms with Gasteiger partial charge in [-0.2, -0.15) is 0 Å². The van der Waals surface area contributed by atoms with Gasteiger partial charge in [0.2, 0.25) is 0 Å². The highest BCUT2D eigenvalue weighted by atomic mass is 19.2. The van der Waals surface area contributed by atoms with Crippen LogP contribution in [0.2, 0.25) is 0 Å². The Morgan fingerprint density at radius 2 is 1.84 bits per heavy atom. The number of rotatable bonds is 4. The van der Waals surface area contributed by atoms with Crippen LogP contribution in [0.5, 0.6) is 0 Å². The molecule has 5 heteroatoms. The van der Waals surface area contributed by atoms with Crippen LogP contribution in [-0.4, -0.2) is 9.55 Å². The number of halogens is 2. The summed E-state index contributed by atoms with van der Waals surface area (Å²) in [6.45, 7) is 1.49. The molecule has 2 heterocycles. The van der Waals surface area contributed by atoms with Crippen molar-refractivity contribution < 1.29 is 8.78 Å². The lowest BCUT2D eigenvalue weighted by Gasteiger charge is -2.11. The van der Waals surface area contributed by atoms with Crippen molar-refractivity contribution in [3.63, 3.8) is 0 Å². The highest BCUT2D eigenvalue weighted by Gasteiger charge is 2.13. The molecule has 2 aromatic carbocycles. The lowest BCUT2D eigenvalue weighted by atomic mass is 10.1. The number of fused-ring (bicyclic) bond motifs is 1. The van der Waals surface area contributed by atoms with E-state index in [1.165, 1.54) is 24.7 Å². The van der Waals surface area contributed by atoms with Gasteiger partial charge < -0.3 is 9.88 Å². The Hall–Kier alpha value is -2.69. The predicted molar refractivity (Wildman–Crippen MR) is 94.3 cm³/mol. The first kappa shape index (κ1) is 15.8. The molecule has 0 bridgehead atoms. The predicted octanol–water partition coefficient (Wildman–Crippen LogP) is 4.78. The Morgan fingerprint density at radius 1 is 1.00 bits per heavy atom. The van der Waals surface area contributed by atoms with Crippen LogP contribution in [0, 0.1) is 11.6 Å². The van der Waals surface area contributed by atoms with E-state index in [9.17, 15) is 8.78 Å². The average Bonchev–Trinajstić information content (AvgIpc) is 3.07. The zero-order chi connectivity index (χ0) is 17.2. The number of imidazole rings is 1. The number of hydrogen-bond donors (Lipinski definition) is 1. The van der Waals surface area contributed by atoms with E-state index in [1.54, 1.807) is 6.07 Å². The van der Waals surface area contributed by atoms with Crippen molar-refractivity contribution in [1.29, 1.82) is 0 Å². The van der Waals surface area contributed by atoms with Crippen LogP contribution in [-0.2, 0) is 19.5 Å². The number of nitrogens with zero attached hydrogens (tertiary/aromatic N) is 2. The van der Waals surface area contributed by atoms with E-state index in [-0.39, 0.29) is 0 Å². The number of nitrogens with one attached hydrogen (secondary N) is 1. The largest absolute Gasteiger partial charge is 0.381 e. The van der Waals surface area contributed by atoms with Crippen LogP contribution in [0.15, 0.2) is 48.7 Å². The summed E-state index contributed by atoms with van der Waals surface area (Å²) in [5.41, 5.74) is 3.71. The molecule has 1 aliphatic heterocycles. The maximum Gasteiger partial charge on any atom is 0.159 e. The zero-order valence-electron chi connectivity index (χ0n) is 13.8. The average molecular weight is 339 g/mol. The number of anilines is 1. The summed E-state index contributed by atoms with van der Waals surface area (Å²) in [5, 5.41) is 3.22. The smallest absolute Gasteiger partial charge is 0.159 e. The minimum absolute atomic E-state index is 0.440. The fourth-order valence-electron chi connectivity index (χ4n) is 3.16. The molecule has 0 saturated carbocycles. The van der Waals surface area contributed by atoms with Crippen LogP contribution in [0.4, 0.5) is 14.5 Å². The third kappa shape index (κ3) is 3.40. The van der Waals surface area contributed by atoms with Gasteiger partial charge in [-0.1, -0.05) is 18.2 Å². The van der Waals surface area contributed by atoms with E-state index in [0.29, 0.717) is 12.1 Å². The molecule has 128 valence electrons. The van der Waals surface area contributed by atoms with Crippen LogP contribution >= 0.6 is 0 Å². The molecule has 0 unspecified atom stereocenters. The van der Waals surface area contributed by atoms with Crippen molar-refractivity contribution in [3.05, 3.63) is 71.7 Å². The van der Waals surface area contributed by atoms with E-state index < -0.39 is 11.6 Å². The first-order valence-electron chi connectivity index (χ1n) is 8.53. The second-order valence-electron chi connectivity index (χ2n) is 6.37. The molecule has 0 spiro atoms. The topological polar surface area (TPSA) is 29.9 Å². The molecule has 3 nitrogen and oxygen atoms in total. The molecule has 1 aromatic heterocycles. The summed E-state index contributed by atoms with van der Waals surface area (Å²) in [6, 6.07) is 12.0. The molecule has 0 atom stereocenters. The van der Waals surface area contributed by atoms with Crippen LogP contribution in [0.3, 0.4) is 0 Å². The maximum atomic E-state index is 13.2. The lowest BCUT2D eigenvalue weighted by Crippen LogP contribution is -2.08. The number of benzene rings is 2. The van der Waals surface area contributed by atoms with Gasteiger partial charge in [0.05, 0.1) is 5.69 Å². The Morgan fingerprint density at radius 3 is 2.60 bits per heavy atom. The molecule has 25 heavy (non-hydrogen) atoms. The summed E-state index contributed by atoms with van der Waals surface area (Å²) in [6.07, 6.45) is 5.60. The zero-order valence-corrected chi connectivity index (χ0v) is 13.8. The Balaban J connectivity index is 1.44. The monoisotopic (exact) mass is 339 g/mol. The summed E-state index contributed by atoms with van der Waals surface area (Å²) in [7, 11) is 0.